The summed E-state index contributed by atoms with van der Waals surface area (Å²) in [4.78, 5) is 4.34. The molecule has 0 unspecified atom stereocenters. The van der Waals surface area contributed by atoms with Crippen molar-refractivity contribution in [2.75, 3.05) is 5.32 Å². The van der Waals surface area contributed by atoms with Gasteiger partial charge < -0.3 is 5.32 Å². The maximum absolute atomic E-state index is 4.34. The predicted molar refractivity (Wildman–Crippen MR) is 88.4 cm³/mol. The number of anilines is 1. The summed E-state index contributed by atoms with van der Waals surface area (Å²) in [6.45, 7) is 9.59. The first-order valence-corrected chi connectivity index (χ1v) is 8.31. The lowest BCUT2D eigenvalue weighted by Gasteiger charge is -2.45. The van der Waals surface area contributed by atoms with E-state index in [1.807, 2.05) is 5.51 Å². The third-order valence-electron chi connectivity index (χ3n) is 4.26. The summed E-state index contributed by atoms with van der Waals surface area (Å²) in [5, 5.41) is 3.75. The monoisotopic (exact) mass is 288 g/mol. The third-order valence-corrected chi connectivity index (χ3v) is 5.05. The number of nitrogens with one attached hydrogen (secondary N) is 1. The Bertz CT molecular complexity index is 596. The van der Waals surface area contributed by atoms with Gasteiger partial charge in [-0.3, -0.25) is 0 Å². The summed E-state index contributed by atoms with van der Waals surface area (Å²) < 4.78 is 1.27. The fraction of sp³-hybridized carbons (Fsp3) is 0.588. The molecule has 1 aliphatic carbocycles. The lowest BCUT2D eigenvalue weighted by atomic mass is 9.63. The van der Waals surface area contributed by atoms with Crippen LogP contribution in [-0.4, -0.2) is 11.0 Å². The van der Waals surface area contributed by atoms with E-state index < -0.39 is 0 Å². The average molecular weight is 288 g/mol. The van der Waals surface area contributed by atoms with Gasteiger partial charge in [0.15, 0.2) is 0 Å². The summed E-state index contributed by atoms with van der Waals surface area (Å²) in [5.41, 5.74) is 5.11. The van der Waals surface area contributed by atoms with E-state index in [0.29, 0.717) is 16.9 Å². The Morgan fingerprint density at radius 2 is 1.85 bits per heavy atom. The van der Waals surface area contributed by atoms with Crippen LogP contribution in [0.2, 0.25) is 0 Å². The molecule has 1 aliphatic rings. The van der Waals surface area contributed by atoms with Gasteiger partial charge in [0.2, 0.25) is 0 Å². The van der Waals surface area contributed by atoms with Gasteiger partial charge in [0.1, 0.15) is 0 Å². The molecule has 2 nitrogen and oxygen atoms in total. The maximum Gasteiger partial charge on any atom is 0.0813 e. The SMILES string of the molecule is CC1(C)CC(Nc2ccc3ncsc3c2)CC(C)(C)C1. The molecule has 0 saturated heterocycles. The Hall–Kier alpha value is -1.09. The second-order valence-electron chi connectivity index (χ2n) is 7.79. The zero-order valence-corrected chi connectivity index (χ0v) is 13.7. The Balaban J connectivity index is 1.79. The van der Waals surface area contributed by atoms with E-state index in [2.05, 4.69) is 56.2 Å². The highest BCUT2D eigenvalue weighted by Crippen LogP contribution is 2.46. The molecule has 20 heavy (non-hydrogen) atoms. The van der Waals surface area contributed by atoms with Crippen LogP contribution in [0.1, 0.15) is 47.0 Å². The molecule has 1 fully saturated rings. The van der Waals surface area contributed by atoms with Gasteiger partial charge in [-0.05, 0) is 48.3 Å². The van der Waals surface area contributed by atoms with E-state index in [9.17, 15) is 0 Å². The Labute approximate surface area is 125 Å². The van der Waals surface area contributed by atoms with Crippen LogP contribution in [0.3, 0.4) is 0 Å². The van der Waals surface area contributed by atoms with Crippen molar-refractivity contribution in [2.45, 2.75) is 53.0 Å². The van der Waals surface area contributed by atoms with Gasteiger partial charge in [-0.15, -0.1) is 11.3 Å². The molecule has 108 valence electrons. The number of rotatable bonds is 2. The number of nitrogens with zero attached hydrogens (tertiary/aromatic N) is 1. The smallest absolute Gasteiger partial charge is 0.0813 e. The number of aromatic nitrogens is 1. The second-order valence-corrected chi connectivity index (χ2v) is 8.68. The van der Waals surface area contributed by atoms with Crippen LogP contribution < -0.4 is 5.32 Å². The minimum Gasteiger partial charge on any atom is -0.382 e. The molecule has 0 atom stereocenters. The predicted octanol–water partition coefficient (Wildman–Crippen LogP) is 5.31. The molecule has 3 rings (SSSR count). The van der Waals surface area contributed by atoms with Gasteiger partial charge in [-0.25, -0.2) is 4.98 Å². The van der Waals surface area contributed by atoms with Crippen LogP contribution in [0, 0.1) is 10.8 Å². The Morgan fingerprint density at radius 3 is 2.55 bits per heavy atom. The molecule has 0 amide bonds. The molecule has 0 radical (unpaired) electrons. The van der Waals surface area contributed by atoms with Crippen LogP contribution in [0.15, 0.2) is 23.7 Å². The van der Waals surface area contributed by atoms with Crippen molar-refractivity contribution in [2.24, 2.45) is 10.8 Å². The summed E-state index contributed by atoms with van der Waals surface area (Å²) in [6.07, 6.45) is 3.81. The first-order chi connectivity index (χ1) is 9.33. The van der Waals surface area contributed by atoms with E-state index >= 15 is 0 Å². The van der Waals surface area contributed by atoms with Crippen molar-refractivity contribution in [3.8, 4) is 0 Å². The number of thiazole rings is 1. The van der Waals surface area contributed by atoms with Crippen LogP contribution >= 0.6 is 11.3 Å². The zero-order valence-electron chi connectivity index (χ0n) is 12.9. The average Bonchev–Trinajstić information content (AvgIpc) is 2.71. The molecular weight excluding hydrogens is 264 g/mol. The van der Waals surface area contributed by atoms with Crippen molar-refractivity contribution in [1.29, 1.82) is 0 Å². The number of benzene rings is 1. The minimum absolute atomic E-state index is 0.425. The molecule has 1 N–H and O–H groups in total. The molecule has 2 aromatic rings. The number of fused-ring (bicyclic) bond motifs is 1. The van der Waals surface area contributed by atoms with Gasteiger partial charge in [0.25, 0.3) is 0 Å². The molecular formula is C17H24N2S. The lowest BCUT2D eigenvalue weighted by molar-refractivity contribution is 0.105. The van der Waals surface area contributed by atoms with Gasteiger partial charge in [-0.2, -0.15) is 0 Å². The maximum atomic E-state index is 4.34. The topological polar surface area (TPSA) is 24.9 Å². The van der Waals surface area contributed by atoms with Crippen molar-refractivity contribution in [1.82, 2.24) is 4.98 Å². The van der Waals surface area contributed by atoms with E-state index in [0.717, 1.165) is 5.52 Å². The van der Waals surface area contributed by atoms with Crippen molar-refractivity contribution < 1.29 is 0 Å². The largest absolute Gasteiger partial charge is 0.382 e. The Kier molecular flexibility index (Phi) is 3.28. The standard InChI is InChI=1S/C17H24N2S/c1-16(2)8-13(9-17(3,4)10-16)19-12-5-6-14-15(7-12)20-11-18-14/h5-7,11,13,19H,8-10H2,1-4H3. The van der Waals surface area contributed by atoms with Crippen LogP contribution in [-0.2, 0) is 0 Å². The molecule has 1 saturated carbocycles. The fourth-order valence-corrected chi connectivity index (χ4v) is 4.85. The highest BCUT2D eigenvalue weighted by molar-refractivity contribution is 7.16. The number of hydrogen-bond donors (Lipinski definition) is 1. The zero-order chi connectivity index (χ0) is 14.4. The summed E-state index contributed by atoms with van der Waals surface area (Å²) in [6, 6.07) is 7.09. The Morgan fingerprint density at radius 1 is 1.15 bits per heavy atom. The van der Waals surface area contributed by atoms with Crippen molar-refractivity contribution in [3.05, 3.63) is 23.7 Å². The van der Waals surface area contributed by atoms with Gasteiger partial charge in [0, 0.05) is 11.7 Å². The molecule has 0 spiro atoms. The van der Waals surface area contributed by atoms with E-state index in [-0.39, 0.29) is 0 Å². The molecule has 0 bridgehead atoms. The van der Waals surface area contributed by atoms with Gasteiger partial charge in [-0.1, -0.05) is 27.7 Å². The summed E-state index contributed by atoms with van der Waals surface area (Å²) in [5.74, 6) is 0. The van der Waals surface area contributed by atoms with Crippen LogP contribution in [0.25, 0.3) is 10.2 Å². The number of hydrogen-bond acceptors (Lipinski definition) is 3. The van der Waals surface area contributed by atoms with E-state index in [1.54, 1.807) is 11.3 Å². The highest BCUT2D eigenvalue weighted by Gasteiger charge is 2.38. The van der Waals surface area contributed by atoms with Crippen molar-refractivity contribution in [3.63, 3.8) is 0 Å². The van der Waals surface area contributed by atoms with E-state index in [1.165, 1.54) is 29.6 Å². The molecule has 1 aromatic heterocycles. The van der Waals surface area contributed by atoms with Crippen LogP contribution in [0.4, 0.5) is 5.69 Å². The summed E-state index contributed by atoms with van der Waals surface area (Å²) >= 11 is 1.71. The molecule has 1 heterocycles. The normalized spacial score (nSPS) is 22.0. The highest BCUT2D eigenvalue weighted by atomic mass is 32.1. The van der Waals surface area contributed by atoms with Gasteiger partial charge in [0.05, 0.1) is 15.7 Å². The molecule has 1 aromatic carbocycles. The first-order valence-electron chi connectivity index (χ1n) is 7.43. The summed E-state index contributed by atoms with van der Waals surface area (Å²) in [7, 11) is 0. The van der Waals surface area contributed by atoms with Crippen molar-refractivity contribution >= 4 is 27.2 Å². The third kappa shape index (κ3) is 2.98. The van der Waals surface area contributed by atoms with Crippen LogP contribution in [0.5, 0.6) is 0 Å². The molecule has 0 aliphatic heterocycles. The second kappa shape index (κ2) is 4.73. The van der Waals surface area contributed by atoms with Gasteiger partial charge >= 0.3 is 0 Å². The minimum atomic E-state index is 0.425. The van der Waals surface area contributed by atoms with E-state index in [4.69, 9.17) is 0 Å². The lowest BCUT2D eigenvalue weighted by Crippen LogP contribution is -2.40. The first kappa shape index (κ1) is 13.9. The molecule has 3 heteroatoms. The fourth-order valence-electron chi connectivity index (χ4n) is 4.13. The quantitative estimate of drug-likeness (QED) is 0.809.